The molecule has 0 aliphatic carbocycles. The van der Waals surface area contributed by atoms with Crippen LogP contribution in [-0.4, -0.2) is 25.7 Å². The second-order valence-corrected chi connectivity index (χ2v) is 5.53. The van der Waals surface area contributed by atoms with Crippen molar-refractivity contribution in [2.75, 3.05) is 0 Å². The van der Waals surface area contributed by atoms with E-state index in [9.17, 15) is 18.0 Å². The molecule has 1 N–H and O–H groups in total. The van der Waals surface area contributed by atoms with E-state index in [1.54, 1.807) is 19.1 Å². The van der Waals surface area contributed by atoms with E-state index in [-0.39, 0.29) is 11.4 Å². The third kappa shape index (κ3) is 3.71. The number of hydrogen-bond donors (Lipinski definition) is 1. The molecule has 0 aliphatic rings. The molecule has 1 atom stereocenters. The maximum atomic E-state index is 12.9. The van der Waals surface area contributed by atoms with E-state index in [4.69, 9.17) is 0 Å². The van der Waals surface area contributed by atoms with Crippen molar-refractivity contribution in [2.24, 2.45) is 0 Å². The van der Waals surface area contributed by atoms with Crippen molar-refractivity contribution < 1.29 is 18.0 Å². The normalized spacial score (nSPS) is 12.6. The van der Waals surface area contributed by atoms with Gasteiger partial charge in [0.15, 0.2) is 5.82 Å². The maximum absolute atomic E-state index is 12.9. The van der Waals surface area contributed by atoms with Gasteiger partial charge in [-0.2, -0.15) is 18.3 Å². The average molecular weight is 361 g/mol. The molecule has 26 heavy (non-hydrogen) atoms. The van der Waals surface area contributed by atoms with E-state index in [1.165, 1.54) is 35.7 Å². The van der Waals surface area contributed by atoms with Crippen molar-refractivity contribution in [3.8, 4) is 5.82 Å². The van der Waals surface area contributed by atoms with Crippen molar-refractivity contribution in [3.63, 3.8) is 0 Å². The predicted octanol–water partition coefficient (Wildman–Crippen LogP) is 3.17. The van der Waals surface area contributed by atoms with Crippen LogP contribution >= 0.6 is 0 Å². The van der Waals surface area contributed by atoms with Gasteiger partial charge in [-0.25, -0.2) is 14.6 Å². The van der Waals surface area contributed by atoms with E-state index in [2.05, 4.69) is 20.4 Å². The maximum Gasteiger partial charge on any atom is 0.416 e. The fourth-order valence-electron chi connectivity index (χ4n) is 2.42. The monoisotopic (exact) mass is 361 g/mol. The Morgan fingerprint density at radius 2 is 2.04 bits per heavy atom. The van der Waals surface area contributed by atoms with Crippen molar-refractivity contribution in [3.05, 3.63) is 71.9 Å². The molecule has 0 aliphatic heterocycles. The first kappa shape index (κ1) is 17.6. The summed E-state index contributed by atoms with van der Waals surface area (Å²) in [6.45, 7) is 1.61. The minimum atomic E-state index is -4.44. The summed E-state index contributed by atoms with van der Waals surface area (Å²) < 4.78 is 39.9. The molecular weight excluding hydrogens is 347 g/mol. The lowest BCUT2D eigenvalue weighted by Crippen LogP contribution is -2.28. The Labute approximate surface area is 146 Å². The zero-order valence-electron chi connectivity index (χ0n) is 13.6. The van der Waals surface area contributed by atoms with Crippen LogP contribution in [0.15, 0.2) is 55.2 Å². The summed E-state index contributed by atoms with van der Waals surface area (Å²) in [7, 11) is 0. The highest BCUT2D eigenvalue weighted by atomic mass is 19.4. The van der Waals surface area contributed by atoms with E-state index >= 15 is 0 Å². The number of benzene rings is 1. The first-order chi connectivity index (χ1) is 12.4. The summed E-state index contributed by atoms with van der Waals surface area (Å²) in [6, 6.07) is 7.36. The number of alkyl halides is 3. The lowest BCUT2D eigenvalue weighted by Gasteiger charge is -2.17. The molecule has 0 radical (unpaired) electrons. The van der Waals surface area contributed by atoms with Gasteiger partial charge < -0.3 is 5.32 Å². The molecule has 0 bridgehead atoms. The van der Waals surface area contributed by atoms with Crippen molar-refractivity contribution in [2.45, 2.75) is 19.1 Å². The summed E-state index contributed by atoms with van der Waals surface area (Å²) in [6.07, 6.45) is -0.232. The van der Waals surface area contributed by atoms with Gasteiger partial charge in [0.1, 0.15) is 12.7 Å². The Kier molecular flexibility index (Phi) is 4.70. The SMILES string of the molecule is CC(NC(=O)c1cccnc1-n1cncn1)c1cccc(C(F)(F)F)c1. The number of hydrogen-bond acceptors (Lipinski definition) is 4. The topological polar surface area (TPSA) is 72.7 Å². The molecule has 2 aromatic heterocycles. The zero-order valence-corrected chi connectivity index (χ0v) is 13.6. The minimum Gasteiger partial charge on any atom is -0.345 e. The number of carbonyl (C=O) groups is 1. The fraction of sp³-hybridized carbons (Fsp3) is 0.176. The number of pyridine rings is 1. The van der Waals surface area contributed by atoms with Gasteiger partial charge in [-0.1, -0.05) is 12.1 Å². The van der Waals surface area contributed by atoms with Gasteiger partial charge in [0.25, 0.3) is 5.91 Å². The van der Waals surface area contributed by atoms with E-state index in [0.29, 0.717) is 5.56 Å². The molecule has 3 aromatic rings. The number of amides is 1. The van der Waals surface area contributed by atoms with Crippen LogP contribution in [0.1, 0.15) is 34.5 Å². The van der Waals surface area contributed by atoms with Gasteiger partial charge in [-0.3, -0.25) is 4.79 Å². The summed E-state index contributed by atoms with van der Waals surface area (Å²) in [5.41, 5.74) is -0.183. The summed E-state index contributed by atoms with van der Waals surface area (Å²) >= 11 is 0. The smallest absolute Gasteiger partial charge is 0.345 e. The molecule has 1 amide bonds. The van der Waals surface area contributed by atoms with Gasteiger partial charge in [0.05, 0.1) is 17.2 Å². The van der Waals surface area contributed by atoms with Gasteiger partial charge in [0.2, 0.25) is 0 Å². The van der Waals surface area contributed by atoms with Crippen molar-refractivity contribution in [1.29, 1.82) is 0 Å². The molecule has 1 aromatic carbocycles. The number of carbonyl (C=O) groups excluding carboxylic acids is 1. The number of aromatic nitrogens is 4. The lowest BCUT2D eigenvalue weighted by atomic mass is 10.0. The number of nitrogens with zero attached hydrogens (tertiary/aromatic N) is 4. The second-order valence-electron chi connectivity index (χ2n) is 5.53. The van der Waals surface area contributed by atoms with Gasteiger partial charge in [-0.05, 0) is 36.8 Å². The lowest BCUT2D eigenvalue weighted by molar-refractivity contribution is -0.137. The van der Waals surface area contributed by atoms with Gasteiger partial charge in [-0.15, -0.1) is 0 Å². The average Bonchev–Trinajstić information content (AvgIpc) is 3.15. The van der Waals surface area contributed by atoms with Gasteiger partial charge in [0, 0.05) is 6.20 Å². The molecule has 134 valence electrons. The van der Waals surface area contributed by atoms with Crippen LogP contribution < -0.4 is 5.32 Å². The van der Waals surface area contributed by atoms with Crippen LogP contribution in [0, 0.1) is 0 Å². The highest BCUT2D eigenvalue weighted by Crippen LogP contribution is 2.30. The molecular formula is C17H14F3N5O. The Hall–Kier alpha value is -3.23. The molecule has 9 heteroatoms. The number of rotatable bonds is 4. The Balaban J connectivity index is 1.83. The first-order valence-corrected chi connectivity index (χ1v) is 7.64. The number of nitrogens with one attached hydrogen (secondary N) is 1. The largest absolute Gasteiger partial charge is 0.416 e. The summed E-state index contributed by atoms with van der Waals surface area (Å²) in [5, 5.41) is 6.63. The highest BCUT2D eigenvalue weighted by molar-refractivity contribution is 5.97. The van der Waals surface area contributed by atoms with Crippen LogP contribution in [0.5, 0.6) is 0 Å². The summed E-state index contributed by atoms with van der Waals surface area (Å²) in [5.74, 6) is -0.202. The molecule has 1 unspecified atom stereocenters. The Morgan fingerprint density at radius 3 is 2.73 bits per heavy atom. The molecule has 0 saturated carbocycles. The first-order valence-electron chi connectivity index (χ1n) is 7.64. The molecule has 0 spiro atoms. The van der Waals surface area contributed by atoms with Crippen molar-refractivity contribution in [1.82, 2.24) is 25.1 Å². The molecule has 6 nitrogen and oxygen atoms in total. The molecule has 0 fully saturated rings. The minimum absolute atomic E-state index is 0.233. The van der Waals surface area contributed by atoms with E-state index < -0.39 is 23.7 Å². The van der Waals surface area contributed by atoms with E-state index in [1.807, 2.05) is 0 Å². The number of halogens is 3. The second kappa shape index (κ2) is 6.95. The quantitative estimate of drug-likeness (QED) is 0.775. The molecule has 0 saturated heterocycles. The highest BCUT2D eigenvalue weighted by Gasteiger charge is 2.30. The van der Waals surface area contributed by atoms with Crippen LogP contribution in [0.25, 0.3) is 5.82 Å². The molecule has 2 heterocycles. The van der Waals surface area contributed by atoms with Crippen LogP contribution in [0.3, 0.4) is 0 Å². The van der Waals surface area contributed by atoms with Gasteiger partial charge >= 0.3 is 6.18 Å². The Bertz CT molecular complexity index is 909. The standard InChI is InChI=1S/C17H14F3N5O/c1-11(12-4-2-5-13(8-12)17(18,19)20)24-16(26)14-6-3-7-22-15(14)25-10-21-9-23-25/h2-11H,1H3,(H,24,26). The van der Waals surface area contributed by atoms with Crippen LogP contribution in [-0.2, 0) is 6.18 Å². The third-order valence-electron chi connectivity index (χ3n) is 3.73. The summed E-state index contributed by atoms with van der Waals surface area (Å²) in [4.78, 5) is 20.5. The molecule has 3 rings (SSSR count). The van der Waals surface area contributed by atoms with E-state index in [0.717, 1.165) is 12.1 Å². The van der Waals surface area contributed by atoms with Crippen LogP contribution in [0.4, 0.5) is 13.2 Å². The zero-order chi connectivity index (χ0) is 18.7. The van der Waals surface area contributed by atoms with Crippen molar-refractivity contribution >= 4 is 5.91 Å². The van der Waals surface area contributed by atoms with Crippen LogP contribution in [0.2, 0.25) is 0 Å². The Morgan fingerprint density at radius 1 is 1.23 bits per heavy atom. The fourth-order valence-corrected chi connectivity index (χ4v) is 2.42. The predicted molar refractivity (Wildman–Crippen MR) is 86.5 cm³/mol. The third-order valence-corrected chi connectivity index (χ3v) is 3.73.